The number of aromatic nitrogens is 1. The highest BCUT2D eigenvalue weighted by molar-refractivity contribution is 7.91. The number of nitrogens with zero attached hydrogens (tertiary/aromatic N) is 2. The van der Waals surface area contributed by atoms with Crippen LogP contribution >= 0.6 is 11.3 Å². The molecule has 2 aliphatic heterocycles. The van der Waals surface area contributed by atoms with Gasteiger partial charge in [-0.25, -0.2) is 13.4 Å². The second-order valence-corrected chi connectivity index (χ2v) is 13.7. The highest BCUT2D eigenvalue weighted by Gasteiger charge is 2.32. The van der Waals surface area contributed by atoms with Gasteiger partial charge in [0.1, 0.15) is 21.7 Å². The van der Waals surface area contributed by atoms with Crippen LogP contribution in [0.5, 0.6) is 5.75 Å². The zero-order valence-electron chi connectivity index (χ0n) is 24.9. The Bertz CT molecular complexity index is 1890. The van der Waals surface area contributed by atoms with Crippen molar-refractivity contribution >= 4 is 44.6 Å². The van der Waals surface area contributed by atoms with E-state index < -0.39 is 21.7 Å². The summed E-state index contributed by atoms with van der Waals surface area (Å²) in [6.45, 7) is 2.37. The number of hydrogen-bond donors (Lipinski definition) is 2. The zero-order chi connectivity index (χ0) is 32.3. The summed E-state index contributed by atoms with van der Waals surface area (Å²) in [7, 11) is -2.62. The zero-order valence-corrected chi connectivity index (χ0v) is 26.5. The smallest absolute Gasteiger partial charge is 0.323 e. The van der Waals surface area contributed by atoms with Gasteiger partial charge in [-0.1, -0.05) is 18.2 Å². The standard InChI is InChI=1S/C33H30N4O7S2/c1-43-33(40)27-7-4-15-37(27)16-5-17-44-23-12-9-21(10-13-23)32-35-20-24(45-32)19-34-30(38)22-11-14-29-26(18-22)36-31(39)25-6-2-3-8-28(25)46(29,41)42/h2-3,6,8-10,12-13,18,20,27H,4-5,7,15-17,19H2,1H3,(H,34,38)(H,36,39)/t27-/m0/s1. The molecule has 236 valence electrons. The van der Waals surface area contributed by atoms with Crippen LogP contribution in [0.25, 0.3) is 10.6 Å². The van der Waals surface area contributed by atoms with E-state index >= 15 is 0 Å². The van der Waals surface area contributed by atoms with E-state index in [1.54, 1.807) is 12.3 Å². The van der Waals surface area contributed by atoms with Crippen molar-refractivity contribution < 1.29 is 32.3 Å². The fraction of sp³-hybridized carbons (Fsp3) is 0.273. The molecule has 2 aliphatic rings. The minimum absolute atomic E-state index is 0.0190. The SMILES string of the molecule is COC(=O)[C@@H]1CCCN1CCCOc1ccc(-c2ncc(CNC(=O)c3c#cc4c(c3)NC(=O)c3ccccc3S4(=O)=O)s2)cc1. The van der Waals surface area contributed by atoms with Gasteiger partial charge >= 0.3 is 5.97 Å². The Morgan fingerprint density at radius 3 is 2.76 bits per heavy atom. The van der Waals surface area contributed by atoms with E-state index in [1.165, 1.54) is 42.7 Å². The molecular weight excluding hydrogens is 629 g/mol. The van der Waals surface area contributed by atoms with Crippen molar-refractivity contribution in [2.45, 2.75) is 41.6 Å². The average Bonchev–Trinajstić information content (AvgIpc) is 3.74. The van der Waals surface area contributed by atoms with Gasteiger partial charge < -0.3 is 20.1 Å². The summed E-state index contributed by atoms with van der Waals surface area (Å²) >= 11 is 1.42. The number of methoxy groups -OCH3 is 1. The average molecular weight is 659 g/mol. The monoisotopic (exact) mass is 658 g/mol. The number of benzene rings is 2. The quantitative estimate of drug-likeness (QED) is 0.190. The third-order valence-corrected chi connectivity index (χ3v) is 10.6. The molecular formula is C33H30N4O7S2. The minimum atomic E-state index is -4.04. The fourth-order valence-corrected chi connectivity index (χ4v) is 7.86. The molecule has 1 aromatic heterocycles. The lowest BCUT2D eigenvalue weighted by molar-refractivity contribution is -0.145. The molecule has 1 saturated heterocycles. The number of likely N-dealkylation sites (tertiary alicyclic amines) is 1. The Labute approximate surface area is 270 Å². The molecule has 1 atom stereocenters. The van der Waals surface area contributed by atoms with Gasteiger partial charge in [-0.15, -0.1) is 11.3 Å². The van der Waals surface area contributed by atoms with Crippen LogP contribution in [0.15, 0.2) is 70.6 Å². The number of ether oxygens (including phenoxy) is 2. The van der Waals surface area contributed by atoms with Gasteiger partial charge in [0.05, 0.1) is 42.0 Å². The van der Waals surface area contributed by atoms with Crippen LogP contribution in [0.4, 0.5) is 5.69 Å². The highest BCUT2D eigenvalue weighted by Crippen LogP contribution is 2.33. The summed E-state index contributed by atoms with van der Waals surface area (Å²) in [5, 5.41) is 6.14. The molecule has 1 fully saturated rings. The van der Waals surface area contributed by atoms with Crippen LogP contribution in [0.3, 0.4) is 0 Å². The summed E-state index contributed by atoms with van der Waals surface area (Å²) in [6, 6.07) is 19.8. The Hall–Kier alpha value is -4.77. The first-order valence-corrected chi connectivity index (χ1v) is 17.0. The molecule has 13 heteroatoms. The van der Waals surface area contributed by atoms with Crippen LogP contribution in [0.2, 0.25) is 0 Å². The number of hydrogen-bond acceptors (Lipinski definition) is 10. The van der Waals surface area contributed by atoms with Gasteiger partial charge in [0.25, 0.3) is 11.8 Å². The van der Waals surface area contributed by atoms with Crippen LogP contribution in [-0.2, 0) is 25.9 Å². The van der Waals surface area contributed by atoms with Crippen LogP contribution in [-0.4, -0.2) is 68.9 Å². The summed E-state index contributed by atoms with van der Waals surface area (Å²) in [6.07, 6.45) is 4.29. The third-order valence-electron chi connectivity index (χ3n) is 7.80. The Morgan fingerprint density at radius 1 is 1.15 bits per heavy atom. The molecule has 0 saturated carbocycles. The van der Waals surface area contributed by atoms with Crippen molar-refractivity contribution in [1.29, 1.82) is 0 Å². The first-order chi connectivity index (χ1) is 22.2. The number of esters is 1. The first-order valence-electron chi connectivity index (χ1n) is 14.7. The summed E-state index contributed by atoms with van der Waals surface area (Å²) < 4.78 is 37.1. The molecule has 3 heterocycles. The molecule has 46 heavy (non-hydrogen) atoms. The lowest BCUT2D eigenvalue weighted by atomic mass is 10.2. The van der Waals surface area contributed by atoms with Crippen molar-refractivity contribution in [1.82, 2.24) is 15.2 Å². The van der Waals surface area contributed by atoms with E-state index in [2.05, 4.69) is 32.7 Å². The molecule has 2 amide bonds. The van der Waals surface area contributed by atoms with Crippen molar-refractivity contribution in [2.75, 3.05) is 32.1 Å². The summed E-state index contributed by atoms with van der Waals surface area (Å²) in [5.41, 5.74) is 0.922. The molecule has 11 nitrogen and oxygen atoms in total. The second kappa shape index (κ2) is 13.3. The number of thiazole rings is 1. The Morgan fingerprint density at radius 2 is 1.96 bits per heavy atom. The van der Waals surface area contributed by atoms with Gasteiger partial charge in [0.2, 0.25) is 9.84 Å². The number of carbonyl (C=O) groups excluding carboxylic acids is 3. The van der Waals surface area contributed by atoms with Crippen LogP contribution in [0, 0.1) is 12.1 Å². The van der Waals surface area contributed by atoms with E-state index in [-0.39, 0.29) is 45.2 Å². The number of amides is 2. The van der Waals surface area contributed by atoms with Crippen LogP contribution < -0.4 is 15.4 Å². The van der Waals surface area contributed by atoms with Gasteiger partial charge in [0, 0.05) is 23.2 Å². The van der Waals surface area contributed by atoms with Gasteiger partial charge in [0.15, 0.2) is 0 Å². The van der Waals surface area contributed by atoms with Gasteiger partial charge in [-0.05, 0) is 74.3 Å². The van der Waals surface area contributed by atoms with E-state index in [4.69, 9.17) is 9.47 Å². The van der Waals surface area contributed by atoms with Gasteiger partial charge in [-0.2, -0.15) is 0 Å². The number of sulfone groups is 1. The maximum absolute atomic E-state index is 13.2. The van der Waals surface area contributed by atoms with E-state index in [9.17, 15) is 22.8 Å². The first kappa shape index (κ1) is 31.2. The van der Waals surface area contributed by atoms with Crippen molar-refractivity contribution in [3.8, 4) is 16.3 Å². The number of rotatable bonds is 10. The number of anilines is 1. The number of carbonyl (C=O) groups is 3. The predicted octanol–water partition coefficient (Wildman–Crippen LogP) is 4.15. The van der Waals surface area contributed by atoms with E-state index in [0.717, 1.165) is 53.5 Å². The summed E-state index contributed by atoms with van der Waals surface area (Å²) in [5.74, 6) is -0.533. The molecule has 0 unspecified atom stereocenters. The van der Waals surface area contributed by atoms with Gasteiger partial charge in [-0.3, -0.25) is 19.3 Å². The lowest BCUT2D eigenvalue weighted by Gasteiger charge is -2.22. The molecule has 2 N–H and O–H groups in total. The molecule has 0 bridgehead atoms. The predicted molar refractivity (Wildman–Crippen MR) is 169 cm³/mol. The van der Waals surface area contributed by atoms with Crippen molar-refractivity contribution in [3.05, 3.63) is 88.9 Å². The Kier molecular flexibility index (Phi) is 9.03. The van der Waals surface area contributed by atoms with Crippen molar-refractivity contribution in [3.63, 3.8) is 0 Å². The second-order valence-electron chi connectivity index (χ2n) is 10.8. The molecule has 0 aliphatic carbocycles. The largest absolute Gasteiger partial charge is 0.494 e. The van der Waals surface area contributed by atoms with E-state index in [0.29, 0.717) is 6.61 Å². The number of nitrogens with one attached hydrogen (secondary N) is 2. The molecule has 4 aromatic rings. The van der Waals surface area contributed by atoms with E-state index in [1.807, 2.05) is 24.3 Å². The third kappa shape index (κ3) is 6.46. The maximum Gasteiger partial charge on any atom is 0.323 e. The number of fused-ring (bicyclic) bond motifs is 2. The van der Waals surface area contributed by atoms with Crippen molar-refractivity contribution in [2.24, 2.45) is 0 Å². The molecule has 0 radical (unpaired) electrons. The maximum atomic E-state index is 13.2. The lowest BCUT2D eigenvalue weighted by Crippen LogP contribution is -2.37. The van der Waals surface area contributed by atoms with Crippen LogP contribution in [0.1, 0.15) is 44.9 Å². The molecule has 0 spiro atoms. The minimum Gasteiger partial charge on any atom is -0.494 e. The Balaban J connectivity index is 1.02. The fourth-order valence-electron chi connectivity index (χ4n) is 5.49. The topological polar surface area (TPSA) is 144 Å². The summed E-state index contributed by atoms with van der Waals surface area (Å²) in [4.78, 5) is 44.6. The molecule has 6 rings (SSSR count). The normalized spacial score (nSPS) is 16.7. The highest BCUT2D eigenvalue weighted by atomic mass is 32.2. The molecule has 3 aromatic carbocycles.